The zero-order valence-electron chi connectivity index (χ0n) is 12.1. The Kier molecular flexibility index (Phi) is 4.35. The van der Waals surface area contributed by atoms with E-state index in [1.807, 2.05) is 47.8 Å². The minimum Gasteiger partial charge on any atom is -0.219 e. The van der Waals surface area contributed by atoms with Gasteiger partial charge in [0.2, 0.25) is 0 Å². The third-order valence-corrected chi connectivity index (χ3v) is 3.74. The quantitative estimate of drug-likeness (QED) is 0.565. The first-order valence-electron chi connectivity index (χ1n) is 6.91. The first-order valence-corrected chi connectivity index (χ1v) is 7.79. The van der Waals surface area contributed by atoms with Gasteiger partial charge < -0.3 is 0 Å². The topological polar surface area (TPSA) is 12.9 Å². The highest BCUT2D eigenvalue weighted by atomic mass is 32.1. The van der Waals surface area contributed by atoms with E-state index < -0.39 is 0 Å². The molecule has 0 amide bonds. The predicted octanol–water partition coefficient (Wildman–Crippen LogP) is 4.25. The maximum atomic E-state index is 4.43. The van der Waals surface area contributed by atoms with Gasteiger partial charge in [-0.1, -0.05) is 47.7 Å². The van der Waals surface area contributed by atoms with Crippen molar-refractivity contribution >= 4 is 11.3 Å². The average molecular weight is 299 g/mol. The van der Waals surface area contributed by atoms with Crippen LogP contribution in [0.3, 0.4) is 0 Å². The Bertz CT molecular complexity index is 882. The molecule has 0 saturated carbocycles. The molecular weight excluding hydrogens is 286 g/mol. The van der Waals surface area contributed by atoms with Crippen LogP contribution in [0, 0.1) is 30.6 Å². The summed E-state index contributed by atoms with van der Waals surface area (Å²) in [6.45, 7) is 2.06. The van der Waals surface area contributed by atoms with Crippen LogP contribution in [-0.2, 0) is 0 Å². The highest BCUT2D eigenvalue weighted by Gasteiger charge is 1.95. The summed E-state index contributed by atoms with van der Waals surface area (Å²) in [5.41, 5.74) is 3.99. The van der Waals surface area contributed by atoms with Crippen molar-refractivity contribution in [2.45, 2.75) is 6.92 Å². The molecule has 1 nitrogen and oxygen atoms in total. The van der Waals surface area contributed by atoms with Gasteiger partial charge in [-0.15, -0.1) is 11.3 Å². The van der Waals surface area contributed by atoms with E-state index in [0.717, 1.165) is 21.8 Å². The number of aromatic nitrogens is 1. The van der Waals surface area contributed by atoms with Crippen molar-refractivity contribution < 1.29 is 0 Å². The second kappa shape index (κ2) is 6.76. The fourth-order valence-electron chi connectivity index (χ4n) is 1.81. The fourth-order valence-corrected chi connectivity index (χ4v) is 2.40. The van der Waals surface area contributed by atoms with Crippen LogP contribution in [0.4, 0.5) is 0 Å². The van der Waals surface area contributed by atoms with Gasteiger partial charge in [-0.2, -0.15) is 0 Å². The van der Waals surface area contributed by atoms with Crippen LogP contribution in [0.1, 0.15) is 27.4 Å². The van der Waals surface area contributed by atoms with Gasteiger partial charge in [0, 0.05) is 16.5 Å². The third-order valence-electron chi connectivity index (χ3n) is 2.98. The summed E-state index contributed by atoms with van der Waals surface area (Å²) in [6, 6.07) is 18.1. The second-order valence-corrected chi connectivity index (χ2v) is 5.63. The Labute approximate surface area is 134 Å². The zero-order valence-corrected chi connectivity index (χ0v) is 12.9. The van der Waals surface area contributed by atoms with Gasteiger partial charge in [-0.25, -0.2) is 4.98 Å². The molecule has 0 N–H and O–H groups in total. The summed E-state index contributed by atoms with van der Waals surface area (Å²) in [6.07, 6.45) is 0. The second-order valence-electron chi connectivity index (χ2n) is 4.77. The standard InChI is InChI=1S/C20H13NS/c1-16-7-9-18(10-8-16)11-13-19-15-22-20(21-19)14-12-17-5-3-2-4-6-17/h2-10,15H,1H3. The molecule has 0 saturated heterocycles. The zero-order chi connectivity index (χ0) is 15.2. The summed E-state index contributed by atoms with van der Waals surface area (Å²) in [4.78, 5) is 4.43. The maximum Gasteiger partial charge on any atom is 0.168 e. The SMILES string of the molecule is Cc1ccc(C#Cc2csc(C#Cc3ccccc3)n2)cc1. The molecule has 0 fully saturated rings. The lowest BCUT2D eigenvalue weighted by Gasteiger charge is -1.90. The Morgan fingerprint density at radius 3 is 2.23 bits per heavy atom. The lowest BCUT2D eigenvalue weighted by atomic mass is 10.1. The molecule has 2 heteroatoms. The normalized spacial score (nSPS) is 9.32. The van der Waals surface area contributed by atoms with Crippen molar-refractivity contribution in [1.82, 2.24) is 4.98 Å². The first kappa shape index (κ1) is 14.1. The van der Waals surface area contributed by atoms with Gasteiger partial charge in [-0.05, 0) is 43.0 Å². The van der Waals surface area contributed by atoms with Gasteiger partial charge >= 0.3 is 0 Å². The van der Waals surface area contributed by atoms with Crippen LogP contribution >= 0.6 is 11.3 Å². The molecule has 0 unspecified atom stereocenters. The summed E-state index contributed by atoms with van der Waals surface area (Å²) in [5.74, 6) is 12.4. The van der Waals surface area contributed by atoms with E-state index in [2.05, 4.69) is 47.7 Å². The predicted molar refractivity (Wildman–Crippen MR) is 91.7 cm³/mol. The van der Waals surface area contributed by atoms with Gasteiger partial charge in [0.25, 0.3) is 0 Å². The Balaban J connectivity index is 1.75. The van der Waals surface area contributed by atoms with Crippen LogP contribution in [0.5, 0.6) is 0 Å². The summed E-state index contributed by atoms with van der Waals surface area (Å²) in [7, 11) is 0. The number of benzene rings is 2. The Hall–Kier alpha value is -2.81. The van der Waals surface area contributed by atoms with Gasteiger partial charge in [-0.3, -0.25) is 0 Å². The Morgan fingerprint density at radius 2 is 1.45 bits per heavy atom. The highest BCUT2D eigenvalue weighted by Crippen LogP contribution is 2.08. The van der Waals surface area contributed by atoms with Crippen molar-refractivity contribution in [3.05, 3.63) is 87.4 Å². The monoisotopic (exact) mass is 299 g/mol. The van der Waals surface area contributed by atoms with Crippen LogP contribution in [0.25, 0.3) is 0 Å². The van der Waals surface area contributed by atoms with E-state index >= 15 is 0 Å². The van der Waals surface area contributed by atoms with E-state index in [1.54, 1.807) is 0 Å². The minimum atomic E-state index is 0.767. The molecule has 0 bridgehead atoms. The lowest BCUT2D eigenvalue weighted by Crippen LogP contribution is -1.78. The van der Waals surface area contributed by atoms with Crippen molar-refractivity contribution in [3.63, 3.8) is 0 Å². The molecule has 0 radical (unpaired) electrons. The van der Waals surface area contributed by atoms with Crippen molar-refractivity contribution in [2.24, 2.45) is 0 Å². The molecule has 104 valence electrons. The van der Waals surface area contributed by atoms with E-state index in [0.29, 0.717) is 0 Å². The van der Waals surface area contributed by atoms with Gasteiger partial charge in [0.05, 0.1) is 0 Å². The number of hydrogen-bond donors (Lipinski definition) is 0. The van der Waals surface area contributed by atoms with E-state index in [4.69, 9.17) is 0 Å². The summed E-state index contributed by atoms with van der Waals surface area (Å²) in [5, 5.41) is 2.73. The maximum absolute atomic E-state index is 4.43. The van der Waals surface area contributed by atoms with Crippen molar-refractivity contribution in [2.75, 3.05) is 0 Å². The molecule has 0 spiro atoms. The Morgan fingerprint density at radius 1 is 0.773 bits per heavy atom. The van der Waals surface area contributed by atoms with E-state index in [9.17, 15) is 0 Å². The van der Waals surface area contributed by atoms with Crippen LogP contribution in [0.15, 0.2) is 60.0 Å². The third kappa shape index (κ3) is 3.85. The summed E-state index contributed by atoms with van der Waals surface area (Å²) >= 11 is 1.52. The molecule has 0 aliphatic heterocycles. The van der Waals surface area contributed by atoms with Crippen molar-refractivity contribution in [3.8, 4) is 23.7 Å². The molecule has 3 rings (SSSR count). The molecule has 0 atom stereocenters. The van der Waals surface area contributed by atoms with Gasteiger partial charge in [0.1, 0.15) is 5.69 Å². The number of thiazole rings is 1. The van der Waals surface area contributed by atoms with Crippen LogP contribution < -0.4 is 0 Å². The number of hydrogen-bond acceptors (Lipinski definition) is 2. The van der Waals surface area contributed by atoms with Crippen LogP contribution in [0.2, 0.25) is 0 Å². The fraction of sp³-hybridized carbons (Fsp3) is 0.0500. The highest BCUT2D eigenvalue weighted by molar-refractivity contribution is 7.10. The van der Waals surface area contributed by atoms with E-state index in [-0.39, 0.29) is 0 Å². The number of rotatable bonds is 0. The van der Waals surface area contributed by atoms with Crippen LogP contribution in [-0.4, -0.2) is 4.98 Å². The first-order chi connectivity index (χ1) is 10.8. The molecule has 2 aromatic carbocycles. The molecular formula is C20H13NS. The molecule has 0 aliphatic carbocycles. The summed E-state index contributed by atoms with van der Waals surface area (Å²) < 4.78 is 0. The average Bonchev–Trinajstić information content (AvgIpc) is 3.01. The molecule has 1 aromatic heterocycles. The number of nitrogens with zero attached hydrogens (tertiary/aromatic N) is 1. The largest absolute Gasteiger partial charge is 0.219 e. The smallest absolute Gasteiger partial charge is 0.168 e. The minimum absolute atomic E-state index is 0.767. The molecule has 3 aromatic rings. The van der Waals surface area contributed by atoms with Crippen molar-refractivity contribution in [1.29, 1.82) is 0 Å². The number of aryl methyl sites for hydroxylation is 1. The van der Waals surface area contributed by atoms with E-state index in [1.165, 1.54) is 16.9 Å². The lowest BCUT2D eigenvalue weighted by molar-refractivity contribution is 1.34. The molecule has 22 heavy (non-hydrogen) atoms. The molecule has 1 heterocycles. The van der Waals surface area contributed by atoms with Gasteiger partial charge in [0.15, 0.2) is 5.01 Å². The molecule has 0 aliphatic rings.